The molecule has 0 fully saturated rings. The summed E-state index contributed by atoms with van der Waals surface area (Å²) in [4.78, 5) is 0. The van der Waals surface area contributed by atoms with Crippen LogP contribution in [0, 0.1) is 0 Å². The molecular weight excluding hydrogens is 275 g/mol. The van der Waals surface area contributed by atoms with Gasteiger partial charge in [0.1, 0.15) is 0 Å². The van der Waals surface area contributed by atoms with Crippen molar-refractivity contribution in [1.29, 1.82) is 0 Å². The van der Waals surface area contributed by atoms with Crippen LogP contribution in [0.3, 0.4) is 0 Å². The van der Waals surface area contributed by atoms with Crippen LogP contribution in [0.15, 0.2) is 0 Å². The molecule has 0 aliphatic heterocycles. The van der Waals surface area contributed by atoms with Crippen LogP contribution in [-0.2, 0) is 40.6 Å². The summed E-state index contributed by atoms with van der Waals surface area (Å²) in [6, 6.07) is 0. The number of rotatable bonds is 0. The predicted octanol–water partition coefficient (Wildman–Crippen LogP) is -0.949. The van der Waals surface area contributed by atoms with E-state index in [0.717, 1.165) is 0 Å². The molecular formula is H2CoO2W. The topological polar surface area (TPSA) is 48.6 Å². The first-order valence-corrected chi connectivity index (χ1v) is 0.561. The van der Waals surface area contributed by atoms with Gasteiger partial charge in [-0.3, -0.25) is 0 Å². The van der Waals surface area contributed by atoms with Crippen molar-refractivity contribution < 1.29 is 46.1 Å². The van der Waals surface area contributed by atoms with Crippen LogP contribution in [0.25, 0.3) is 0 Å². The fraction of sp³-hybridized carbons (Fsp3) is 0. The molecule has 29 valence electrons. The molecule has 4 heavy (non-hydrogen) atoms. The van der Waals surface area contributed by atoms with Gasteiger partial charge in [0.2, 0.25) is 0 Å². The van der Waals surface area contributed by atoms with Crippen molar-refractivity contribution in [3.8, 4) is 0 Å². The van der Waals surface area contributed by atoms with Gasteiger partial charge in [-0.15, -0.1) is 0 Å². The molecule has 0 bridgehead atoms. The molecule has 0 unspecified atom stereocenters. The monoisotopic (exact) mass is 277 g/mol. The Hall–Kier alpha value is 0.955. The standard InChI is InChI=1S/Co.H2O.O.W/h;1H2;;. The largest absolute Gasteiger partial charge is 0 e. The Morgan fingerprint density at radius 3 is 1.25 bits per heavy atom. The molecule has 0 spiro atoms. The van der Waals surface area contributed by atoms with Gasteiger partial charge in [0.25, 0.3) is 0 Å². The van der Waals surface area contributed by atoms with E-state index in [-0.39, 0.29) is 26.5 Å². The van der Waals surface area contributed by atoms with Crippen LogP contribution in [0.5, 0.6) is 0 Å². The van der Waals surface area contributed by atoms with Gasteiger partial charge in [-0.2, -0.15) is 0 Å². The molecule has 0 amide bonds. The van der Waals surface area contributed by atoms with Crippen LogP contribution < -0.4 is 0 Å². The molecule has 2 N–H and O–H groups in total. The van der Waals surface area contributed by atoms with Gasteiger partial charge in [0.15, 0.2) is 0 Å². The van der Waals surface area contributed by atoms with Crippen molar-refractivity contribution in [3.63, 3.8) is 0 Å². The van der Waals surface area contributed by atoms with E-state index in [2.05, 4.69) is 15.7 Å². The molecule has 0 aromatic heterocycles. The summed E-state index contributed by atoms with van der Waals surface area (Å²) in [5.41, 5.74) is 0. The van der Waals surface area contributed by atoms with Gasteiger partial charge in [0.05, 0.1) is 0 Å². The van der Waals surface area contributed by atoms with E-state index in [1.165, 1.54) is 0 Å². The van der Waals surface area contributed by atoms with Crippen LogP contribution in [-0.4, -0.2) is 5.48 Å². The Bertz CT molecular complexity index is 6.00. The molecule has 0 aromatic carbocycles. The third-order valence-electron chi connectivity index (χ3n) is 0. The molecule has 0 aliphatic rings. The summed E-state index contributed by atoms with van der Waals surface area (Å²) in [5, 5.41) is 0. The van der Waals surface area contributed by atoms with Crippen LogP contribution in [0.1, 0.15) is 0 Å². The van der Waals surface area contributed by atoms with E-state index >= 15 is 0 Å². The van der Waals surface area contributed by atoms with E-state index in [9.17, 15) is 0 Å². The van der Waals surface area contributed by atoms with Crippen molar-refractivity contribution in [2.45, 2.75) is 0 Å². The zero-order valence-corrected chi connectivity index (χ0v) is 5.62. The zero-order valence-electron chi connectivity index (χ0n) is 1.65. The molecule has 0 atom stereocenters. The van der Waals surface area contributed by atoms with Crippen molar-refractivity contribution in [3.05, 3.63) is 0 Å². The average molecular weight is 277 g/mol. The molecule has 4 heteroatoms. The molecule has 0 saturated carbocycles. The first-order valence-electron chi connectivity index (χ1n) is 0.136. The van der Waals surface area contributed by atoms with Crippen LogP contribution >= 0.6 is 0 Å². The third kappa shape index (κ3) is 12.4. The molecule has 0 saturated heterocycles. The van der Waals surface area contributed by atoms with Gasteiger partial charge in [0, 0.05) is 21.1 Å². The molecule has 0 aliphatic carbocycles. The second-order valence-corrected chi connectivity index (χ2v) is 0. The molecule has 0 rings (SSSR count). The first kappa shape index (κ1) is 20.3. The summed E-state index contributed by atoms with van der Waals surface area (Å²) in [5.74, 6) is 0. The zero-order chi connectivity index (χ0) is 2.00. The maximum absolute atomic E-state index is 7.94. The van der Waals surface area contributed by atoms with Gasteiger partial charge in [-0.25, -0.2) is 0 Å². The van der Waals surface area contributed by atoms with Gasteiger partial charge in [-0.1, -0.05) is 0 Å². The second-order valence-electron chi connectivity index (χ2n) is 0. The average Bonchev–Trinajstić information content (AvgIpc) is 1.00. The van der Waals surface area contributed by atoms with Crippen molar-refractivity contribution in [2.24, 2.45) is 0 Å². The predicted molar refractivity (Wildman–Crippen MR) is 4.30 cm³/mol. The first-order chi connectivity index (χ1) is 1.00. The minimum absolute atomic E-state index is 0. The van der Waals surface area contributed by atoms with Crippen molar-refractivity contribution in [1.82, 2.24) is 0 Å². The maximum Gasteiger partial charge on any atom is 0 e. The van der Waals surface area contributed by atoms with Crippen molar-refractivity contribution >= 4 is 0 Å². The molecule has 0 heterocycles. The summed E-state index contributed by atoms with van der Waals surface area (Å²) in [6.45, 7) is 0. The Morgan fingerprint density at radius 1 is 1.25 bits per heavy atom. The van der Waals surface area contributed by atoms with E-state index in [1.807, 2.05) is 0 Å². The van der Waals surface area contributed by atoms with Crippen LogP contribution in [0.2, 0.25) is 0 Å². The smallest absolute Gasteiger partial charge is 0 e. The quantitative estimate of drug-likeness (QED) is 0.563. The molecule has 2 nitrogen and oxygen atoms in total. The molecule has 0 radical (unpaired) electrons. The van der Waals surface area contributed by atoms with Gasteiger partial charge >= 0.3 is 19.5 Å². The number of hydrogen-bond donors (Lipinski definition) is 0. The van der Waals surface area contributed by atoms with E-state index in [1.54, 1.807) is 0 Å². The van der Waals surface area contributed by atoms with Gasteiger partial charge in [-0.05, 0) is 0 Å². The van der Waals surface area contributed by atoms with E-state index in [0.29, 0.717) is 0 Å². The van der Waals surface area contributed by atoms with Gasteiger partial charge < -0.3 is 5.48 Å². The summed E-state index contributed by atoms with van der Waals surface area (Å²) >= 11 is 2.31. The Morgan fingerprint density at radius 2 is 1.25 bits per heavy atom. The Labute approximate surface area is 46.3 Å². The summed E-state index contributed by atoms with van der Waals surface area (Å²) in [7, 11) is 0. The SMILES string of the molecule is O.[O]=[Co].[W]. The summed E-state index contributed by atoms with van der Waals surface area (Å²) in [6.07, 6.45) is 0. The maximum atomic E-state index is 7.94. The van der Waals surface area contributed by atoms with E-state index in [4.69, 9.17) is 3.87 Å². The fourth-order valence-electron chi connectivity index (χ4n) is 0. The third-order valence-corrected chi connectivity index (χ3v) is 0. The second kappa shape index (κ2) is 37.9. The minimum atomic E-state index is 0. The normalized spacial score (nSPS) is 1.25. The van der Waals surface area contributed by atoms with E-state index < -0.39 is 0 Å². The Kier molecular flexibility index (Phi) is 192. The Balaban J connectivity index is -0.00000000500. The van der Waals surface area contributed by atoms with Crippen LogP contribution in [0.4, 0.5) is 0 Å². The molecule has 0 aromatic rings. The fourth-order valence-corrected chi connectivity index (χ4v) is 0. The minimum Gasteiger partial charge on any atom is 0 e. The van der Waals surface area contributed by atoms with Crippen molar-refractivity contribution in [2.75, 3.05) is 0 Å². The summed E-state index contributed by atoms with van der Waals surface area (Å²) < 4.78 is 7.94. The number of hydrogen-bond acceptors (Lipinski definition) is 1.